The average Bonchev–Trinajstić information content (AvgIpc) is 2.70. The van der Waals surface area contributed by atoms with Crippen LogP contribution in [0, 0.1) is 6.92 Å². The second-order valence-electron chi connectivity index (χ2n) is 4.95. The van der Waals surface area contributed by atoms with Crippen LogP contribution in [-0.4, -0.2) is 21.3 Å². The summed E-state index contributed by atoms with van der Waals surface area (Å²) in [5.74, 6) is 0. The minimum Gasteiger partial charge on any atom is -0.393 e. The Bertz CT molecular complexity index is 624. The quantitative estimate of drug-likeness (QED) is 0.830. The van der Waals surface area contributed by atoms with E-state index in [1.165, 1.54) is 0 Å². The van der Waals surface area contributed by atoms with Gasteiger partial charge in [-0.1, -0.05) is 42.0 Å². The Morgan fingerprint density at radius 1 is 1.38 bits per heavy atom. The number of rotatable bonds is 6. The fraction of sp³-hybridized carbons (Fsp3) is 0.333. The van der Waals surface area contributed by atoms with Gasteiger partial charge in [-0.2, -0.15) is 5.10 Å². The normalized spacial score (nSPS) is 10.6. The molecule has 1 aromatic carbocycles. The van der Waals surface area contributed by atoms with Crippen molar-refractivity contribution in [3.05, 3.63) is 46.7 Å². The first kappa shape index (κ1) is 15.8. The van der Waals surface area contributed by atoms with Crippen LogP contribution < -0.4 is 10.6 Å². The predicted octanol–water partition coefficient (Wildman–Crippen LogP) is 3.06. The lowest BCUT2D eigenvalue weighted by Gasteiger charge is -2.24. The molecule has 0 aliphatic rings. The summed E-state index contributed by atoms with van der Waals surface area (Å²) in [5.41, 5.74) is 8.73. The van der Waals surface area contributed by atoms with Crippen LogP contribution in [0.5, 0.6) is 0 Å². The van der Waals surface area contributed by atoms with E-state index in [0.29, 0.717) is 23.1 Å². The molecule has 1 aromatic heterocycles. The van der Waals surface area contributed by atoms with Crippen molar-refractivity contribution in [2.45, 2.75) is 19.9 Å². The van der Waals surface area contributed by atoms with Crippen LogP contribution in [-0.2, 0) is 13.6 Å². The lowest BCUT2D eigenvalue weighted by molar-refractivity contribution is 0.757. The summed E-state index contributed by atoms with van der Waals surface area (Å²) < 4.78 is 1.70. The zero-order valence-electron chi connectivity index (χ0n) is 12.2. The van der Waals surface area contributed by atoms with Crippen molar-refractivity contribution >= 4 is 34.5 Å². The number of hydrogen-bond donors (Lipinski definition) is 1. The summed E-state index contributed by atoms with van der Waals surface area (Å²) in [6, 6.07) is 10.2. The Morgan fingerprint density at radius 3 is 2.57 bits per heavy atom. The molecule has 0 aliphatic carbocycles. The molecule has 112 valence electrons. The van der Waals surface area contributed by atoms with Gasteiger partial charge in [0.1, 0.15) is 5.15 Å². The van der Waals surface area contributed by atoms with Crippen LogP contribution in [0.4, 0.5) is 5.69 Å². The standard InChI is InChI=1S/C15H19ClN4S/c1-11-13(15(16)19(2)18-11)10-20(9-8-14(17)21)12-6-4-3-5-7-12/h3-7H,8-10H2,1-2H3,(H2,17,21). The van der Waals surface area contributed by atoms with Crippen LogP contribution in [0.15, 0.2) is 30.3 Å². The van der Waals surface area contributed by atoms with Gasteiger partial charge in [-0.3, -0.25) is 4.68 Å². The summed E-state index contributed by atoms with van der Waals surface area (Å²) >= 11 is 11.3. The first-order valence-corrected chi connectivity index (χ1v) is 7.54. The summed E-state index contributed by atoms with van der Waals surface area (Å²) in [6.07, 6.45) is 0.668. The minimum absolute atomic E-state index is 0.518. The van der Waals surface area contributed by atoms with Crippen LogP contribution in [0.2, 0.25) is 5.15 Å². The lowest BCUT2D eigenvalue weighted by atomic mass is 10.2. The second kappa shape index (κ2) is 6.91. The van der Waals surface area contributed by atoms with Crippen molar-refractivity contribution < 1.29 is 0 Å². The number of anilines is 1. The third-order valence-corrected chi connectivity index (χ3v) is 4.05. The van der Waals surface area contributed by atoms with E-state index in [2.05, 4.69) is 22.1 Å². The molecule has 4 nitrogen and oxygen atoms in total. The number of halogens is 1. The number of aryl methyl sites for hydroxylation is 2. The Labute approximate surface area is 135 Å². The third kappa shape index (κ3) is 3.95. The van der Waals surface area contributed by atoms with Crippen molar-refractivity contribution in [3.63, 3.8) is 0 Å². The largest absolute Gasteiger partial charge is 0.393 e. The number of benzene rings is 1. The van der Waals surface area contributed by atoms with Gasteiger partial charge in [0.2, 0.25) is 0 Å². The van der Waals surface area contributed by atoms with Gasteiger partial charge < -0.3 is 10.6 Å². The fourth-order valence-corrected chi connectivity index (χ4v) is 2.55. The molecule has 0 aliphatic heterocycles. The molecule has 2 rings (SSSR count). The number of aromatic nitrogens is 2. The highest BCUT2D eigenvalue weighted by molar-refractivity contribution is 7.80. The van der Waals surface area contributed by atoms with Crippen molar-refractivity contribution in [1.82, 2.24) is 9.78 Å². The molecule has 2 N–H and O–H groups in total. The highest BCUT2D eigenvalue weighted by Crippen LogP contribution is 2.24. The van der Waals surface area contributed by atoms with Crippen LogP contribution in [0.1, 0.15) is 17.7 Å². The zero-order valence-corrected chi connectivity index (χ0v) is 13.8. The summed E-state index contributed by atoms with van der Waals surface area (Å²) in [4.78, 5) is 2.74. The molecule has 2 aromatic rings. The van der Waals surface area contributed by atoms with E-state index in [1.807, 2.05) is 32.2 Å². The Balaban J connectivity index is 2.25. The maximum Gasteiger partial charge on any atom is 0.131 e. The van der Waals surface area contributed by atoms with Gasteiger partial charge in [0.05, 0.1) is 10.7 Å². The van der Waals surface area contributed by atoms with E-state index in [-0.39, 0.29) is 0 Å². The van der Waals surface area contributed by atoms with E-state index >= 15 is 0 Å². The first-order valence-electron chi connectivity index (χ1n) is 6.75. The SMILES string of the molecule is Cc1nn(C)c(Cl)c1CN(CCC(N)=S)c1ccccc1. The molecule has 0 atom stereocenters. The van der Waals surface area contributed by atoms with Gasteiger partial charge in [0.15, 0.2) is 0 Å². The number of nitrogens with zero attached hydrogens (tertiary/aromatic N) is 3. The molecular formula is C15H19ClN4S. The number of hydrogen-bond acceptors (Lipinski definition) is 3. The molecule has 0 radical (unpaired) electrons. The van der Waals surface area contributed by atoms with Gasteiger partial charge in [-0.05, 0) is 19.1 Å². The van der Waals surface area contributed by atoms with E-state index in [4.69, 9.17) is 29.6 Å². The van der Waals surface area contributed by atoms with Gasteiger partial charge >= 0.3 is 0 Å². The maximum absolute atomic E-state index is 6.33. The van der Waals surface area contributed by atoms with Crippen LogP contribution >= 0.6 is 23.8 Å². The van der Waals surface area contributed by atoms with Crippen molar-refractivity contribution in [1.29, 1.82) is 0 Å². The highest BCUT2D eigenvalue weighted by atomic mass is 35.5. The molecule has 0 fully saturated rings. The second-order valence-corrected chi connectivity index (χ2v) is 5.83. The van der Waals surface area contributed by atoms with Crippen molar-refractivity contribution in [2.24, 2.45) is 12.8 Å². The number of thiocarbonyl (C=S) groups is 1. The van der Waals surface area contributed by atoms with Gasteiger partial charge in [-0.15, -0.1) is 0 Å². The lowest BCUT2D eigenvalue weighted by Crippen LogP contribution is -2.27. The summed E-state index contributed by atoms with van der Waals surface area (Å²) in [6.45, 7) is 3.41. The molecule has 0 saturated heterocycles. The minimum atomic E-state index is 0.518. The van der Waals surface area contributed by atoms with E-state index < -0.39 is 0 Å². The molecule has 0 bridgehead atoms. The Hall–Kier alpha value is -1.59. The highest BCUT2D eigenvalue weighted by Gasteiger charge is 2.15. The summed E-state index contributed by atoms with van der Waals surface area (Å²) in [7, 11) is 1.85. The number of para-hydroxylation sites is 1. The maximum atomic E-state index is 6.33. The fourth-order valence-electron chi connectivity index (χ4n) is 2.23. The summed E-state index contributed by atoms with van der Waals surface area (Å²) in [5, 5.41) is 5.03. The molecule has 0 unspecified atom stereocenters. The predicted molar refractivity (Wildman–Crippen MR) is 91.8 cm³/mol. The topological polar surface area (TPSA) is 47.1 Å². The van der Waals surface area contributed by atoms with Crippen LogP contribution in [0.25, 0.3) is 0 Å². The number of nitrogens with two attached hydrogens (primary N) is 1. The Kier molecular flexibility index (Phi) is 5.20. The van der Waals surface area contributed by atoms with E-state index in [0.717, 1.165) is 23.5 Å². The van der Waals surface area contributed by atoms with E-state index in [1.54, 1.807) is 4.68 Å². The van der Waals surface area contributed by atoms with Crippen molar-refractivity contribution in [3.8, 4) is 0 Å². The molecular weight excluding hydrogens is 304 g/mol. The molecule has 21 heavy (non-hydrogen) atoms. The van der Waals surface area contributed by atoms with Gasteiger partial charge in [-0.25, -0.2) is 0 Å². The van der Waals surface area contributed by atoms with Gasteiger partial charge in [0, 0.05) is 37.8 Å². The average molecular weight is 323 g/mol. The monoisotopic (exact) mass is 322 g/mol. The van der Waals surface area contributed by atoms with Crippen molar-refractivity contribution in [2.75, 3.05) is 11.4 Å². The molecule has 0 saturated carbocycles. The smallest absolute Gasteiger partial charge is 0.131 e. The molecule has 0 amide bonds. The Morgan fingerprint density at radius 2 is 2.05 bits per heavy atom. The molecule has 6 heteroatoms. The van der Waals surface area contributed by atoms with E-state index in [9.17, 15) is 0 Å². The van der Waals surface area contributed by atoms with Crippen LogP contribution in [0.3, 0.4) is 0 Å². The molecule has 0 spiro atoms. The zero-order chi connectivity index (χ0) is 15.4. The van der Waals surface area contributed by atoms with Gasteiger partial charge in [0.25, 0.3) is 0 Å². The third-order valence-electron chi connectivity index (χ3n) is 3.37. The first-order chi connectivity index (χ1) is 9.99. The molecule has 1 heterocycles.